The molecule has 15 heavy (non-hydrogen) atoms. The summed E-state index contributed by atoms with van der Waals surface area (Å²) in [6.07, 6.45) is 0. The van der Waals surface area contributed by atoms with Crippen LogP contribution in [0.15, 0.2) is 24.3 Å². The van der Waals surface area contributed by atoms with E-state index in [1.807, 2.05) is 0 Å². The van der Waals surface area contributed by atoms with Gasteiger partial charge in [0.25, 0.3) is 0 Å². The molecule has 1 saturated heterocycles. The second-order valence-electron chi connectivity index (χ2n) is 3.35. The molecule has 0 aromatic heterocycles. The minimum Gasteiger partial charge on any atom is -0.423 e. The van der Waals surface area contributed by atoms with E-state index in [0.29, 0.717) is 24.2 Å². The van der Waals surface area contributed by atoms with Crippen molar-refractivity contribution in [1.29, 1.82) is 0 Å². The SMILES string of the molecule is O=C1NCCN1c1cccc(B(O)O)c1. The maximum absolute atomic E-state index is 11.3. The second-order valence-corrected chi connectivity index (χ2v) is 3.35. The lowest BCUT2D eigenvalue weighted by Gasteiger charge is -2.14. The topological polar surface area (TPSA) is 72.8 Å². The molecule has 1 fully saturated rings. The maximum Gasteiger partial charge on any atom is 0.488 e. The first-order chi connectivity index (χ1) is 7.18. The van der Waals surface area contributed by atoms with Crippen molar-refractivity contribution in [3.05, 3.63) is 24.3 Å². The number of carbonyl (C=O) groups is 1. The van der Waals surface area contributed by atoms with E-state index in [4.69, 9.17) is 10.0 Å². The Morgan fingerprint density at radius 2 is 2.20 bits per heavy atom. The van der Waals surface area contributed by atoms with Gasteiger partial charge in [-0.1, -0.05) is 12.1 Å². The average Bonchev–Trinajstić information content (AvgIpc) is 2.64. The number of nitrogens with zero attached hydrogens (tertiary/aromatic N) is 1. The van der Waals surface area contributed by atoms with Gasteiger partial charge in [0.05, 0.1) is 0 Å². The van der Waals surface area contributed by atoms with Crippen molar-refractivity contribution in [2.24, 2.45) is 0 Å². The lowest BCUT2D eigenvalue weighted by molar-refractivity contribution is 0.252. The van der Waals surface area contributed by atoms with Crippen molar-refractivity contribution < 1.29 is 14.8 Å². The third-order valence-corrected chi connectivity index (χ3v) is 2.34. The van der Waals surface area contributed by atoms with E-state index < -0.39 is 7.12 Å². The van der Waals surface area contributed by atoms with Crippen LogP contribution in [-0.2, 0) is 0 Å². The minimum absolute atomic E-state index is 0.153. The quantitative estimate of drug-likeness (QED) is 0.537. The Bertz CT molecular complexity index is 383. The van der Waals surface area contributed by atoms with Gasteiger partial charge in [-0.3, -0.25) is 4.90 Å². The van der Waals surface area contributed by atoms with Crippen LogP contribution < -0.4 is 15.7 Å². The summed E-state index contributed by atoms with van der Waals surface area (Å²) in [5.41, 5.74) is 1.06. The summed E-state index contributed by atoms with van der Waals surface area (Å²) in [6, 6.07) is 6.49. The van der Waals surface area contributed by atoms with E-state index in [2.05, 4.69) is 5.32 Å². The molecule has 0 atom stereocenters. The molecule has 1 heterocycles. The van der Waals surface area contributed by atoms with E-state index in [-0.39, 0.29) is 6.03 Å². The van der Waals surface area contributed by atoms with E-state index in [9.17, 15) is 4.79 Å². The molecule has 2 rings (SSSR count). The maximum atomic E-state index is 11.3. The third kappa shape index (κ3) is 1.95. The Balaban J connectivity index is 2.28. The van der Waals surface area contributed by atoms with Crippen LogP contribution >= 0.6 is 0 Å². The van der Waals surface area contributed by atoms with Crippen LogP contribution in [0.25, 0.3) is 0 Å². The van der Waals surface area contributed by atoms with Crippen LogP contribution in [0.1, 0.15) is 0 Å². The molecule has 0 bridgehead atoms. The highest BCUT2D eigenvalue weighted by molar-refractivity contribution is 6.58. The minimum atomic E-state index is -1.50. The predicted octanol–water partition coefficient (Wildman–Crippen LogP) is -1.10. The molecule has 78 valence electrons. The van der Waals surface area contributed by atoms with Crippen molar-refractivity contribution in [1.82, 2.24) is 5.32 Å². The molecule has 0 spiro atoms. The number of hydrogen-bond donors (Lipinski definition) is 3. The number of hydrogen-bond acceptors (Lipinski definition) is 3. The first-order valence-electron chi connectivity index (χ1n) is 4.70. The molecular formula is C9H11BN2O3. The van der Waals surface area contributed by atoms with Crippen LogP contribution in [0.2, 0.25) is 0 Å². The molecule has 1 aliphatic heterocycles. The fourth-order valence-electron chi connectivity index (χ4n) is 1.57. The van der Waals surface area contributed by atoms with Gasteiger partial charge in [0.15, 0.2) is 0 Å². The summed E-state index contributed by atoms with van der Waals surface area (Å²) in [4.78, 5) is 12.9. The van der Waals surface area contributed by atoms with Crippen molar-refractivity contribution >= 4 is 24.3 Å². The summed E-state index contributed by atoms with van der Waals surface area (Å²) in [5.74, 6) is 0. The van der Waals surface area contributed by atoms with E-state index >= 15 is 0 Å². The summed E-state index contributed by atoms with van der Waals surface area (Å²) in [6.45, 7) is 1.22. The van der Waals surface area contributed by atoms with Crippen molar-refractivity contribution in [3.63, 3.8) is 0 Å². The summed E-state index contributed by atoms with van der Waals surface area (Å²) in [5, 5.41) is 20.7. The average molecular weight is 206 g/mol. The number of amides is 2. The van der Waals surface area contributed by atoms with Gasteiger partial charge in [0.1, 0.15) is 0 Å². The highest BCUT2D eigenvalue weighted by Gasteiger charge is 2.22. The van der Waals surface area contributed by atoms with Gasteiger partial charge in [-0.25, -0.2) is 4.79 Å². The lowest BCUT2D eigenvalue weighted by Crippen LogP contribution is -2.32. The van der Waals surface area contributed by atoms with Gasteiger partial charge >= 0.3 is 13.1 Å². The molecule has 5 nitrogen and oxygen atoms in total. The Kier molecular flexibility index (Phi) is 2.61. The first-order valence-corrected chi connectivity index (χ1v) is 4.70. The molecular weight excluding hydrogens is 195 g/mol. The normalized spacial score (nSPS) is 15.3. The molecule has 1 aliphatic rings. The fraction of sp³-hybridized carbons (Fsp3) is 0.222. The van der Waals surface area contributed by atoms with Gasteiger partial charge in [-0.05, 0) is 17.6 Å². The van der Waals surface area contributed by atoms with Crippen LogP contribution in [0.5, 0.6) is 0 Å². The molecule has 1 aromatic carbocycles. The molecule has 0 saturated carbocycles. The monoisotopic (exact) mass is 206 g/mol. The van der Waals surface area contributed by atoms with E-state index in [1.165, 1.54) is 0 Å². The molecule has 0 radical (unpaired) electrons. The summed E-state index contributed by atoms with van der Waals surface area (Å²) in [7, 11) is -1.50. The zero-order valence-electron chi connectivity index (χ0n) is 8.05. The summed E-state index contributed by atoms with van der Waals surface area (Å²) >= 11 is 0. The number of carbonyl (C=O) groups excluding carboxylic acids is 1. The van der Waals surface area contributed by atoms with Crippen molar-refractivity contribution in [2.45, 2.75) is 0 Å². The number of benzene rings is 1. The van der Waals surface area contributed by atoms with Gasteiger partial charge in [-0.2, -0.15) is 0 Å². The largest absolute Gasteiger partial charge is 0.488 e. The van der Waals surface area contributed by atoms with Gasteiger partial charge < -0.3 is 15.4 Å². The fourth-order valence-corrected chi connectivity index (χ4v) is 1.57. The molecule has 3 N–H and O–H groups in total. The Morgan fingerprint density at radius 3 is 2.80 bits per heavy atom. The zero-order valence-corrected chi connectivity index (χ0v) is 8.05. The van der Waals surface area contributed by atoms with Crippen molar-refractivity contribution in [2.75, 3.05) is 18.0 Å². The van der Waals surface area contributed by atoms with Crippen LogP contribution in [0.4, 0.5) is 10.5 Å². The van der Waals surface area contributed by atoms with E-state index in [0.717, 1.165) is 0 Å². The van der Waals surface area contributed by atoms with Crippen LogP contribution in [0, 0.1) is 0 Å². The lowest BCUT2D eigenvalue weighted by atomic mass is 9.80. The molecule has 0 aliphatic carbocycles. The predicted molar refractivity (Wildman–Crippen MR) is 57.0 cm³/mol. The summed E-state index contributed by atoms with van der Waals surface area (Å²) < 4.78 is 0. The Morgan fingerprint density at radius 1 is 1.40 bits per heavy atom. The second kappa shape index (κ2) is 3.92. The number of urea groups is 1. The third-order valence-electron chi connectivity index (χ3n) is 2.34. The zero-order chi connectivity index (χ0) is 10.8. The number of anilines is 1. The smallest absolute Gasteiger partial charge is 0.423 e. The van der Waals surface area contributed by atoms with Crippen LogP contribution in [0.3, 0.4) is 0 Å². The molecule has 1 aromatic rings. The highest BCUT2D eigenvalue weighted by Crippen LogP contribution is 2.14. The van der Waals surface area contributed by atoms with Crippen LogP contribution in [-0.4, -0.2) is 36.3 Å². The Hall–Kier alpha value is -1.53. The van der Waals surface area contributed by atoms with Gasteiger partial charge in [0, 0.05) is 18.8 Å². The Labute approximate surface area is 87.5 Å². The molecule has 2 amide bonds. The number of rotatable bonds is 2. The standard InChI is InChI=1S/C9H11BN2O3/c13-9-11-4-5-12(9)8-3-1-2-7(6-8)10(14)15/h1-3,6,14-15H,4-5H2,(H,11,13). The molecule has 6 heteroatoms. The van der Waals surface area contributed by atoms with Gasteiger partial charge in [0.2, 0.25) is 0 Å². The van der Waals surface area contributed by atoms with E-state index in [1.54, 1.807) is 29.2 Å². The first kappa shape index (κ1) is 10.0. The highest BCUT2D eigenvalue weighted by atomic mass is 16.4. The number of nitrogens with one attached hydrogen (secondary N) is 1. The van der Waals surface area contributed by atoms with Crippen molar-refractivity contribution in [3.8, 4) is 0 Å². The van der Waals surface area contributed by atoms with Gasteiger partial charge in [-0.15, -0.1) is 0 Å². The molecule has 0 unspecified atom stereocenters.